The molecule has 0 N–H and O–H groups in total. The molecule has 0 aliphatic carbocycles. The average molecular weight is 446 g/mol. The van der Waals surface area contributed by atoms with Crippen molar-refractivity contribution in [3.8, 4) is 0 Å². The van der Waals surface area contributed by atoms with Gasteiger partial charge in [-0.3, -0.25) is 0 Å². The summed E-state index contributed by atoms with van der Waals surface area (Å²) in [6.45, 7) is 8.00. The van der Waals surface area contributed by atoms with Gasteiger partial charge in [0.2, 0.25) is 0 Å². The fourth-order valence-electron chi connectivity index (χ4n) is 3.18. The van der Waals surface area contributed by atoms with Crippen LogP contribution in [-0.2, 0) is 3.07 Å². The molecule has 0 bridgehead atoms. The van der Waals surface area contributed by atoms with E-state index in [1.54, 1.807) is 0 Å². The number of hydrogen-bond acceptors (Lipinski definition) is 1. The van der Waals surface area contributed by atoms with Gasteiger partial charge in [-0.1, -0.05) is 19.8 Å². The summed E-state index contributed by atoms with van der Waals surface area (Å²) in [5.41, 5.74) is 0. The molecule has 0 fully saturated rings. The monoisotopic (exact) mass is 447 g/mol. The van der Waals surface area contributed by atoms with Crippen LogP contribution < -0.4 is 0 Å². The van der Waals surface area contributed by atoms with E-state index in [0.717, 1.165) is 6.61 Å². The van der Waals surface area contributed by atoms with Gasteiger partial charge in [0.05, 0.1) is 0 Å². The average Bonchev–Trinajstić information content (AvgIpc) is 2.60. The van der Waals surface area contributed by atoms with Gasteiger partial charge in [0.1, 0.15) is 0 Å². The molecule has 0 aliphatic rings. The summed E-state index contributed by atoms with van der Waals surface area (Å²) in [6, 6.07) is 0. The summed E-state index contributed by atoms with van der Waals surface area (Å²) < 4.78 is 9.27. The molecular weight excluding hydrogens is 399 g/mol. The van der Waals surface area contributed by atoms with Crippen LogP contribution in [0.1, 0.15) is 124 Å². The van der Waals surface area contributed by atoms with Crippen LogP contribution in [0.3, 0.4) is 0 Å². The van der Waals surface area contributed by atoms with Crippen LogP contribution in [0.2, 0.25) is 8.87 Å². The molecule has 0 heterocycles. The molecule has 0 aromatic heterocycles. The van der Waals surface area contributed by atoms with Gasteiger partial charge in [0.15, 0.2) is 0 Å². The van der Waals surface area contributed by atoms with Crippen molar-refractivity contribution >= 4 is 20.2 Å². The zero-order valence-electron chi connectivity index (χ0n) is 17.3. The first-order valence-corrected chi connectivity index (χ1v) is 16.5. The Labute approximate surface area is 162 Å². The van der Waals surface area contributed by atoms with Crippen LogP contribution in [0.25, 0.3) is 0 Å². The van der Waals surface area contributed by atoms with E-state index in [1.807, 2.05) is 0 Å². The molecule has 0 aliphatic heterocycles. The van der Waals surface area contributed by atoms with Gasteiger partial charge >= 0.3 is 142 Å². The van der Waals surface area contributed by atoms with Crippen LogP contribution in [-0.4, -0.2) is 26.8 Å². The molecule has 24 heavy (non-hydrogen) atoms. The normalized spacial score (nSPS) is 11.5. The molecule has 1 radical (unpaired) electrons. The fourth-order valence-corrected chi connectivity index (χ4v) is 10.2. The summed E-state index contributed by atoms with van der Waals surface area (Å²) in [6.07, 6.45) is 22.7. The summed E-state index contributed by atoms with van der Waals surface area (Å²) in [5, 5.41) is 0. The Balaban J connectivity index is 3.29. The van der Waals surface area contributed by atoms with Crippen LogP contribution in [0.5, 0.6) is 0 Å². The van der Waals surface area contributed by atoms with Crippen molar-refractivity contribution < 1.29 is 3.07 Å². The molecular formula is C22H47OSn. The van der Waals surface area contributed by atoms with Gasteiger partial charge in [0.25, 0.3) is 0 Å². The van der Waals surface area contributed by atoms with Crippen LogP contribution in [0, 0.1) is 0 Å². The van der Waals surface area contributed by atoms with E-state index in [2.05, 4.69) is 20.8 Å². The third-order valence-electron chi connectivity index (χ3n) is 4.92. The van der Waals surface area contributed by atoms with E-state index in [-0.39, 0.29) is 0 Å². The Bertz CT molecular complexity index is 212. The summed E-state index contributed by atoms with van der Waals surface area (Å²) in [5.74, 6) is 0. The van der Waals surface area contributed by atoms with Crippen molar-refractivity contribution in [1.29, 1.82) is 0 Å². The topological polar surface area (TPSA) is 9.23 Å². The van der Waals surface area contributed by atoms with Crippen molar-refractivity contribution in [2.45, 2.75) is 132 Å². The van der Waals surface area contributed by atoms with Gasteiger partial charge in [0, 0.05) is 0 Å². The number of rotatable bonds is 20. The minimum atomic E-state index is -1.44. The Morgan fingerprint density at radius 3 is 1.25 bits per heavy atom. The molecule has 0 aromatic rings. The molecule has 0 saturated carbocycles. The molecule has 0 rings (SSSR count). The van der Waals surface area contributed by atoms with E-state index in [4.69, 9.17) is 3.07 Å². The predicted octanol–water partition coefficient (Wildman–Crippen LogP) is 8.30. The maximum absolute atomic E-state index is 6.33. The zero-order chi connectivity index (χ0) is 17.7. The van der Waals surface area contributed by atoms with Crippen molar-refractivity contribution in [2.75, 3.05) is 6.61 Å². The molecule has 1 nitrogen and oxygen atoms in total. The second-order valence-corrected chi connectivity index (χ2v) is 14.2. The molecule has 0 spiro atoms. The van der Waals surface area contributed by atoms with E-state index >= 15 is 0 Å². The van der Waals surface area contributed by atoms with Gasteiger partial charge in [-0.25, -0.2) is 0 Å². The molecule has 0 atom stereocenters. The molecule has 0 aromatic carbocycles. The van der Waals surface area contributed by atoms with Gasteiger partial charge in [-0.15, -0.1) is 0 Å². The Hall–Kier alpha value is 0.759. The third kappa shape index (κ3) is 19.1. The van der Waals surface area contributed by atoms with Crippen molar-refractivity contribution in [2.24, 2.45) is 0 Å². The SMILES string of the molecule is CCCCCCCCCCCCCC[O][Sn]([CH2]CCC)[CH2]CCC. The number of hydrogen-bond donors (Lipinski definition) is 0. The molecule has 145 valence electrons. The molecule has 0 unspecified atom stereocenters. The molecule has 0 saturated heterocycles. The van der Waals surface area contributed by atoms with Crippen molar-refractivity contribution in [1.82, 2.24) is 0 Å². The molecule has 0 amide bonds. The van der Waals surface area contributed by atoms with Crippen LogP contribution in [0.15, 0.2) is 0 Å². The summed E-state index contributed by atoms with van der Waals surface area (Å²) in [4.78, 5) is 0. The van der Waals surface area contributed by atoms with E-state index in [1.165, 1.54) is 112 Å². The zero-order valence-corrected chi connectivity index (χ0v) is 20.2. The molecule has 2 heteroatoms. The Morgan fingerprint density at radius 1 is 0.458 bits per heavy atom. The summed E-state index contributed by atoms with van der Waals surface area (Å²) in [7, 11) is 0. The second-order valence-electron chi connectivity index (χ2n) is 7.48. The number of unbranched alkanes of at least 4 members (excludes halogenated alkanes) is 13. The van der Waals surface area contributed by atoms with Gasteiger partial charge in [-0.2, -0.15) is 0 Å². The quantitative estimate of drug-likeness (QED) is 0.135. The predicted molar refractivity (Wildman–Crippen MR) is 112 cm³/mol. The summed E-state index contributed by atoms with van der Waals surface area (Å²) >= 11 is -1.44. The second kappa shape index (κ2) is 21.8. The van der Waals surface area contributed by atoms with Gasteiger partial charge < -0.3 is 0 Å². The first kappa shape index (κ1) is 24.8. The van der Waals surface area contributed by atoms with E-state index < -0.39 is 20.2 Å². The first-order valence-electron chi connectivity index (χ1n) is 11.3. The van der Waals surface area contributed by atoms with Crippen LogP contribution >= 0.6 is 0 Å². The Morgan fingerprint density at radius 2 is 0.833 bits per heavy atom. The van der Waals surface area contributed by atoms with Crippen molar-refractivity contribution in [3.05, 3.63) is 0 Å². The van der Waals surface area contributed by atoms with Crippen LogP contribution in [0.4, 0.5) is 0 Å². The maximum atomic E-state index is 6.33. The van der Waals surface area contributed by atoms with Gasteiger partial charge in [-0.05, 0) is 0 Å². The standard InChI is InChI=1S/C14H29O.2C4H9.Sn/c1-2-3-4-5-6-7-8-9-10-11-12-13-14-15;2*1-3-4-2;/h2-14H2,1H3;2*1,3-4H2,2H3;/q-1;;;+1. The minimum absolute atomic E-state index is 1.08. The third-order valence-corrected chi connectivity index (χ3v) is 11.9. The fraction of sp³-hybridized carbons (Fsp3) is 1.00. The van der Waals surface area contributed by atoms with E-state index in [9.17, 15) is 0 Å². The Kier molecular flexibility index (Phi) is 22.5. The van der Waals surface area contributed by atoms with E-state index in [0.29, 0.717) is 0 Å². The van der Waals surface area contributed by atoms with Crippen molar-refractivity contribution in [3.63, 3.8) is 0 Å². The first-order chi connectivity index (χ1) is 11.8.